The van der Waals surface area contributed by atoms with Crippen molar-refractivity contribution >= 4 is 23.7 Å². The average Bonchev–Trinajstić information content (AvgIpc) is 3.17. The van der Waals surface area contributed by atoms with E-state index in [1.165, 1.54) is 11.1 Å². The topological polar surface area (TPSA) is 138 Å². The molecular formula is C34H52O8. The summed E-state index contributed by atoms with van der Waals surface area (Å²) in [6.07, 6.45) is 4.58. The number of Topliss-reactive ketones (excluding diaryl/α,β-unsaturated/α-hetero) is 1. The Balaban J connectivity index is 1.61. The number of aliphatic hydroxyl groups excluding tert-OH is 1. The highest BCUT2D eigenvalue weighted by Crippen LogP contribution is 2.72. The SMILES string of the molecule is CC(CC(=O)C(C)C(C)C(=O)O)C1CCC2(C)C3=C(CC(O)C12C)C1(C)CCC(OC(=O)CC(=O)O)C(C)(C)C1CC3. The second kappa shape index (κ2) is 11.0. The lowest BCUT2D eigenvalue weighted by atomic mass is 9.42. The first-order chi connectivity index (χ1) is 19.3. The summed E-state index contributed by atoms with van der Waals surface area (Å²) in [6.45, 7) is 16.5. The molecule has 0 aromatic carbocycles. The Morgan fingerprint density at radius 1 is 0.905 bits per heavy atom. The third kappa shape index (κ3) is 4.93. The minimum Gasteiger partial charge on any atom is -0.481 e. The Bertz CT molecular complexity index is 1170. The number of fused-ring (bicyclic) bond motifs is 4. The Morgan fingerprint density at radius 2 is 1.55 bits per heavy atom. The van der Waals surface area contributed by atoms with Gasteiger partial charge in [0.25, 0.3) is 0 Å². The number of hydrogen-bond acceptors (Lipinski definition) is 6. The molecule has 0 bridgehead atoms. The molecule has 2 saturated carbocycles. The van der Waals surface area contributed by atoms with Crippen LogP contribution in [0.25, 0.3) is 0 Å². The van der Waals surface area contributed by atoms with Crippen molar-refractivity contribution in [1.82, 2.24) is 0 Å². The molecule has 4 rings (SSSR count). The van der Waals surface area contributed by atoms with Gasteiger partial charge in [-0.3, -0.25) is 19.2 Å². The maximum atomic E-state index is 13.1. The number of carboxylic acids is 2. The van der Waals surface area contributed by atoms with Crippen molar-refractivity contribution in [1.29, 1.82) is 0 Å². The van der Waals surface area contributed by atoms with E-state index in [1.54, 1.807) is 13.8 Å². The molecule has 10 unspecified atom stereocenters. The van der Waals surface area contributed by atoms with Gasteiger partial charge in [-0.2, -0.15) is 0 Å². The number of aliphatic carboxylic acids is 2. The van der Waals surface area contributed by atoms with E-state index in [1.807, 2.05) is 0 Å². The van der Waals surface area contributed by atoms with E-state index in [0.29, 0.717) is 19.3 Å². The highest BCUT2D eigenvalue weighted by atomic mass is 16.5. The van der Waals surface area contributed by atoms with Crippen LogP contribution in [0, 0.1) is 51.2 Å². The molecule has 3 N–H and O–H groups in total. The zero-order valence-corrected chi connectivity index (χ0v) is 26.8. The maximum absolute atomic E-state index is 13.1. The monoisotopic (exact) mass is 588 g/mol. The first-order valence-electron chi connectivity index (χ1n) is 15.9. The van der Waals surface area contributed by atoms with Crippen LogP contribution < -0.4 is 0 Å². The average molecular weight is 589 g/mol. The van der Waals surface area contributed by atoms with E-state index >= 15 is 0 Å². The van der Waals surface area contributed by atoms with Crippen LogP contribution in [0.15, 0.2) is 11.1 Å². The second-order valence-electron chi connectivity index (χ2n) is 15.4. The number of carboxylic acid groups (broad SMARTS) is 2. The number of rotatable bonds is 9. The number of esters is 1. The van der Waals surface area contributed by atoms with Crippen molar-refractivity contribution in [3.63, 3.8) is 0 Å². The number of aliphatic hydroxyl groups is 1. The Morgan fingerprint density at radius 3 is 2.14 bits per heavy atom. The molecule has 2 fully saturated rings. The van der Waals surface area contributed by atoms with Crippen LogP contribution in [0.2, 0.25) is 0 Å². The van der Waals surface area contributed by atoms with E-state index in [2.05, 4.69) is 41.5 Å². The molecule has 4 aliphatic carbocycles. The summed E-state index contributed by atoms with van der Waals surface area (Å²) in [6, 6.07) is 0. The zero-order valence-electron chi connectivity index (χ0n) is 26.8. The lowest BCUT2D eigenvalue weighted by Gasteiger charge is -2.63. The lowest BCUT2D eigenvalue weighted by molar-refractivity contribution is -0.173. The summed E-state index contributed by atoms with van der Waals surface area (Å²) in [5.74, 6) is -3.70. The molecule has 10 atom stereocenters. The summed E-state index contributed by atoms with van der Waals surface area (Å²) in [4.78, 5) is 47.9. The largest absolute Gasteiger partial charge is 0.481 e. The molecule has 0 saturated heterocycles. The third-order valence-electron chi connectivity index (χ3n) is 13.3. The number of carbonyl (C=O) groups is 4. The first-order valence-corrected chi connectivity index (χ1v) is 15.9. The Hall–Kier alpha value is -2.22. The second-order valence-corrected chi connectivity index (χ2v) is 15.4. The van der Waals surface area contributed by atoms with Crippen LogP contribution in [-0.4, -0.2) is 51.2 Å². The molecule has 0 aromatic rings. The van der Waals surface area contributed by atoms with Gasteiger partial charge in [0.1, 0.15) is 18.3 Å². The fourth-order valence-corrected chi connectivity index (χ4v) is 10.3. The Kier molecular flexibility index (Phi) is 8.60. The fourth-order valence-electron chi connectivity index (χ4n) is 10.3. The molecular weight excluding hydrogens is 536 g/mol. The van der Waals surface area contributed by atoms with E-state index in [4.69, 9.17) is 9.84 Å². The molecule has 8 nitrogen and oxygen atoms in total. The number of hydrogen-bond donors (Lipinski definition) is 3. The number of ether oxygens (including phenoxy) is 1. The summed E-state index contributed by atoms with van der Waals surface area (Å²) < 4.78 is 5.75. The third-order valence-corrected chi connectivity index (χ3v) is 13.3. The Labute approximate surface area is 250 Å². The van der Waals surface area contributed by atoms with Gasteiger partial charge in [-0.05, 0) is 73.5 Å². The molecule has 0 amide bonds. The van der Waals surface area contributed by atoms with E-state index in [-0.39, 0.29) is 45.9 Å². The number of allylic oxidation sites excluding steroid dienone is 1. The molecule has 42 heavy (non-hydrogen) atoms. The van der Waals surface area contributed by atoms with Gasteiger partial charge >= 0.3 is 17.9 Å². The molecule has 0 heterocycles. The molecule has 8 heteroatoms. The van der Waals surface area contributed by atoms with Crippen molar-refractivity contribution in [3.05, 3.63) is 11.1 Å². The van der Waals surface area contributed by atoms with E-state index < -0.39 is 47.7 Å². The summed E-state index contributed by atoms with van der Waals surface area (Å²) >= 11 is 0. The van der Waals surface area contributed by atoms with E-state index in [9.17, 15) is 29.4 Å². The van der Waals surface area contributed by atoms with Crippen molar-refractivity contribution in [2.45, 2.75) is 125 Å². The maximum Gasteiger partial charge on any atom is 0.317 e. The van der Waals surface area contributed by atoms with Crippen LogP contribution in [-0.2, 0) is 23.9 Å². The van der Waals surface area contributed by atoms with Crippen molar-refractivity contribution in [2.24, 2.45) is 51.2 Å². The number of carbonyl (C=O) groups excluding carboxylic acids is 2. The number of ketones is 1. The minimum atomic E-state index is -1.18. The van der Waals surface area contributed by atoms with Gasteiger partial charge in [-0.15, -0.1) is 0 Å². The van der Waals surface area contributed by atoms with Gasteiger partial charge in [-0.25, -0.2) is 0 Å². The molecule has 0 spiro atoms. The molecule has 0 aliphatic heterocycles. The zero-order chi connectivity index (χ0) is 31.6. The van der Waals surface area contributed by atoms with Crippen LogP contribution in [0.1, 0.15) is 113 Å². The van der Waals surface area contributed by atoms with Gasteiger partial charge in [0.15, 0.2) is 0 Å². The van der Waals surface area contributed by atoms with Gasteiger partial charge in [0.05, 0.1) is 12.0 Å². The fraction of sp³-hybridized carbons (Fsp3) is 0.824. The van der Waals surface area contributed by atoms with Gasteiger partial charge in [-0.1, -0.05) is 66.5 Å². The first kappa shape index (κ1) is 32.7. The normalized spacial score (nSPS) is 39.3. The summed E-state index contributed by atoms with van der Waals surface area (Å²) in [5, 5.41) is 30.5. The van der Waals surface area contributed by atoms with Crippen LogP contribution >= 0.6 is 0 Å². The predicted octanol–water partition coefficient (Wildman–Crippen LogP) is 6.05. The predicted molar refractivity (Wildman–Crippen MR) is 157 cm³/mol. The van der Waals surface area contributed by atoms with Crippen molar-refractivity contribution < 1.29 is 39.2 Å². The standard InChI is InChI=1S/C34H52O8/c1-18(15-24(35)19(2)20(3)30(40)41)21-11-14-33(7)22-9-10-25-31(4,5)27(42-29(39)17-28(37)38)12-13-32(25,6)23(22)16-26(36)34(21,33)8/h18-21,25-27,36H,9-17H2,1-8H3,(H,37,38)(H,40,41). The quantitative estimate of drug-likeness (QED) is 0.168. The molecule has 0 aromatic heterocycles. The van der Waals surface area contributed by atoms with Gasteiger partial charge < -0.3 is 20.1 Å². The van der Waals surface area contributed by atoms with Crippen molar-refractivity contribution in [2.75, 3.05) is 0 Å². The summed E-state index contributed by atoms with van der Waals surface area (Å²) in [5.41, 5.74) is 1.74. The molecule has 4 aliphatic rings. The smallest absolute Gasteiger partial charge is 0.317 e. The van der Waals surface area contributed by atoms with Gasteiger partial charge in [0, 0.05) is 23.2 Å². The molecule has 236 valence electrons. The molecule has 0 radical (unpaired) electrons. The highest BCUT2D eigenvalue weighted by molar-refractivity contribution is 5.90. The van der Waals surface area contributed by atoms with E-state index in [0.717, 1.165) is 32.1 Å². The summed E-state index contributed by atoms with van der Waals surface area (Å²) in [7, 11) is 0. The van der Waals surface area contributed by atoms with Crippen LogP contribution in [0.3, 0.4) is 0 Å². The van der Waals surface area contributed by atoms with Gasteiger partial charge in [0.2, 0.25) is 0 Å². The van der Waals surface area contributed by atoms with Crippen LogP contribution in [0.4, 0.5) is 0 Å². The van der Waals surface area contributed by atoms with Crippen LogP contribution in [0.5, 0.6) is 0 Å². The highest BCUT2D eigenvalue weighted by Gasteiger charge is 2.66. The minimum absolute atomic E-state index is 0.0177. The lowest BCUT2D eigenvalue weighted by Crippen LogP contribution is -2.58. The van der Waals surface area contributed by atoms with Crippen molar-refractivity contribution in [3.8, 4) is 0 Å².